The van der Waals surface area contributed by atoms with Crippen LogP contribution in [-0.4, -0.2) is 11.9 Å². The van der Waals surface area contributed by atoms with Gasteiger partial charge in [0.25, 0.3) is 5.91 Å². The number of benzene rings is 2. The zero-order valence-electron chi connectivity index (χ0n) is 12.2. The average Bonchev–Trinajstić information content (AvgIpc) is 2.50. The summed E-state index contributed by atoms with van der Waals surface area (Å²) in [4.78, 5) is 23.4. The molecule has 0 aliphatic heterocycles. The van der Waals surface area contributed by atoms with E-state index in [-0.39, 0.29) is 0 Å². The number of nitrogens with one attached hydrogen (secondary N) is 2. The Bertz CT molecular complexity index is 689. The molecule has 5 heteroatoms. The third kappa shape index (κ3) is 4.49. The van der Waals surface area contributed by atoms with Crippen molar-refractivity contribution >= 4 is 23.7 Å². The minimum Gasteiger partial charge on any atom is -0.399 e. The molecule has 22 heavy (non-hydrogen) atoms. The van der Waals surface area contributed by atoms with Crippen molar-refractivity contribution in [3.8, 4) is 0 Å². The second-order valence-electron chi connectivity index (χ2n) is 4.79. The van der Waals surface area contributed by atoms with E-state index < -0.39 is 11.9 Å². The van der Waals surface area contributed by atoms with Crippen LogP contribution in [0.2, 0.25) is 0 Å². The Labute approximate surface area is 128 Å². The van der Waals surface area contributed by atoms with E-state index in [0.717, 1.165) is 11.1 Å². The number of nitrogen functional groups attached to an aromatic ring is 1. The number of hydrogen-bond acceptors (Lipinski definition) is 3. The van der Waals surface area contributed by atoms with Crippen LogP contribution in [0, 0.1) is 6.92 Å². The number of carbonyl (C=O) groups is 2. The highest BCUT2D eigenvalue weighted by molar-refractivity contribution is 6.04. The molecule has 0 fully saturated rings. The molecule has 0 saturated heterocycles. The smallest absolute Gasteiger partial charge is 0.325 e. The molecular weight excluding hydrogens is 278 g/mol. The molecule has 0 radical (unpaired) electrons. The van der Waals surface area contributed by atoms with Gasteiger partial charge < -0.3 is 11.1 Å². The van der Waals surface area contributed by atoms with Crippen LogP contribution in [0.5, 0.6) is 0 Å². The van der Waals surface area contributed by atoms with Gasteiger partial charge in [-0.15, -0.1) is 0 Å². The first-order valence-electron chi connectivity index (χ1n) is 6.75. The Morgan fingerprint density at radius 1 is 1.00 bits per heavy atom. The first kappa shape index (κ1) is 15.3. The molecule has 5 nitrogen and oxygen atoms in total. The largest absolute Gasteiger partial charge is 0.399 e. The summed E-state index contributed by atoms with van der Waals surface area (Å²) in [5.41, 5.74) is 8.58. The Morgan fingerprint density at radius 3 is 2.27 bits per heavy atom. The summed E-state index contributed by atoms with van der Waals surface area (Å²) < 4.78 is 0. The van der Waals surface area contributed by atoms with E-state index in [2.05, 4.69) is 10.6 Å². The maximum absolute atomic E-state index is 11.8. The quantitative estimate of drug-likeness (QED) is 0.761. The third-order valence-electron chi connectivity index (χ3n) is 2.97. The molecule has 0 atom stereocenters. The van der Waals surface area contributed by atoms with Gasteiger partial charge >= 0.3 is 6.03 Å². The Hall–Kier alpha value is -3.08. The number of anilines is 1. The molecule has 4 N–H and O–H groups in total. The summed E-state index contributed by atoms with van der Waals surface area (Å²) in [6.07, 6.45) is 3.23. The van der Waals surface area contributed by atoms with Crippen LogP contribution >= 0.6 is 0 Å². The molecule has 0 spiro atoms. The van der Waals surface area contributed by atoms with Crippen molar-refractivity contribution in [2.24, 2.45) is 0 Å². The van der Waals surface area contributed by atoms with Gasteiger partial charge in [-0.2, -0.15) is 0 Å². The lowest BCUT2D eigenvalue weighted by Gasteiger charge is -2.04. The lowest BCUT2D eigenvalue weighted by molar-refractivity contribution is 0.0965. The fourth-order valence-corrected chi connectivity index (χ4v) is 1.74. The van der Waals surface area contributed by atoms with Gasteiger partial charge in [-0.05, 0) is 42.8 Å². The van der Waals surface area contributed by atoms with Crippen molar-refractivity contribution in [1.82, 2.24) is 10.6 Å². The van der Waals surface area contributed by atoms with Gasteiger partial charge in [0.2, 0.25) is 0 Å². The van der Waals surface area contributed by atoms with E-state index >= 15 is 0 Å². The summed E-state index contributed by atoms with van der Waals surface area (Å²) >= 11 is 0. The molecule has 0 unspecified atom stereocenters. The van der Waals surface area contributed by atoms with Gasteiger partial charge in [0.05, 0.1) is 0 Å². The summed E-state index contributed by atoms with van der Waals surface area (Å²) in [6.45, 7) is 2.00. The molecule has 0 aromatic heterocycles. The second-order valence-corrected chi connectivity index (χ2v) is 4.79. The van der Waals surface area contributed by atoms with Crippen molar-refractivity contribution in [3.63, 3.8) is 0 Å². The van der Waals surface area contributed by atoms with E-state index in [1.807, 2.05) is 31.2 Å². The van der Waals surface area contributed by atoms with Gasteiger partial charge in [0.1, 0.15) is 0 Å². The minimum atomic E-state index is -0.592. The first-order valence-corrected chi connectivity index (χ1v) is 6.75. The lowest BCUT2D eigenvalue weighted by atomic mass is 10.1. The zero-order chi connectivity index (χ0) is 15.9. The van der Waals surface area contributed by atoms with Crippen LogP contribution in [0.1, 0.15) is 21.5 Å². The maximum atomic E-state index is 11.8. The first-order chi connectivity index (χ1) is 10.5. The van der Waals surface area contributed by atoms with Crippen LogP contribution in [0.15, 0.2) is 54.7 Å². The molecule has 0 bridgehead atoms. The molecule has 2 aromatic carbocycles. The van der Waals surface area contributed by atoms with Gasteiger partial charge in [-0.1, -0.05) is 29.8 Å². The van der Waals surface area contributed by atoms with Crippen molar-refractivity contribution in [3.05, 3.63) is 71.4 Å². The fourth-order valence-electron chi connectivity index (χ4n) is 1.74. The SMILES string of the molecule is Cc1ccc(/C=C/NC(=O)NC(=O)c2ccc(N)cc2)cc1. The standard InChI is InChI=1S/C17H17N3O2/c1-12-2-4-13(5-3-12)10-11-19-17(22)20-16(21)14-6-8-15(18)9-7-14/h2-11H,18H2,1H3,(H2,19,20,21,22)/b11-10+. The third-order valence-corrected chi connectivity index (χ3v) is 2.97. The van der Waals surface area contributed by atoms with E-state index in [9.17, 15) is 9.59 Å². The predicted molar refractivity (Wildman–Crippen MR) is 87.1 cm³/mol. The molecule has 0 saturated carbocycles. The van der Waals surface area contributed by atoms with Crippen LogP contribution in [0.4, 0.5) is 10.5 Å². The van der Waals surface area contributed by atoms with Crippen LogP contribution < -0.4 is 16.4 Å². The predicted octanol–water partition coefficient (Wildman–Crippen LogP) is 2.69. The van der Waals surface area contributed by atoms with Crippen molar-refractivity contribution in [1.29, 1.82) is 0 Å². The Kier molecular flexibility index (Phi) is 4.93. The monoisotopic (exact) mass is 295 g/mol. The van der Waals surface area contributed by atoms with Gasteiger partial charge in [0, 0.05) is 17.5 Å². The van der Waals surface area contributed by atoms with Crippen molar-refractivity contribution in [2.45, 2.75) is 6.92 Å². The van der Waals surface area contributed by atoms with E-state index in [4.69, 9.17) is 5.73 Å². The Morgan fingerprint density at radius 2 is 1.64 bits per heavy atom. The van der Waals surface area contributed by atoms with Gasteiger partial charge in [0.15, 0.2) is 0 Å². The lowest BCUT2D eigenvalue weighted by Crippen LogP contribution is -2.36. The number of imide groups is 1. The zero-order valence-corrected chi connectivity index (χ0v) is 12.2. The average molecular weight is 295 g/mol. The number of aryl methyl sites for hydroxylation is 1. The highest BCUT2D eigenvalue weighted by Gasteiger charge is 2.08. The molecule has 0 aliphatic carbocycles. The summed E-state index contributed by atoms with van der Waals surface area (Å²) in [6, 6.07) is 13.5. The number of rotatable bonds is 3. The summed E-state index contributed by atoms with van der Waals surface area (Å²) in [7, 11) is 0. The minimum absolute atomic E-state index is 0.367. The number of carbonyl (C=O) groups excluding carboxylic acids is 2. The summed E-state index contributed by atoms with van der Waals surface area (Å²) in [5.74, 6) is -0.485. The highest BCUT2D eigenvalue weighted by Crippen LogP contribution is 2.05. The molecule has 2 aromatic rings. The number of amides is 3. The van der Waals surface area contributed by atoms with Crippen molar-refractivity contribution in [2.75, 3.05) is 5.73 Å². The molecule has 0 heterocycles. The Balaban J connectivity index is 1.86. The van der Waals surface area contributed by atoms with E-state index in [1.165, 1.54) is 6.20 Å². The van der Waals surface area contributed by atoms with Gasteiger partial charge in [-0.3, -0.25) is 10.1 Å². The van der Waals surface area contributed by atoms with Gasteiger partial charge in [-0.25, -0.2) is 4.79 Å². The van der Waals surface area contributed by atoms with Crippen LogP contribution in [0.3, 0.4) is 0 Å². The van der Waals surface area contributed by atoms with Crippen LogP contribution in [-0.2, 0) is 0 Å². The summed E-state index contributed by atoms with van der Waals surface area (Å²) in [5, 5.41) is 4.71. The fraction of sp³-hybridized carbons (Fsp3) is 0.0588. The number of hydrogen-bond donors (Lipinski definition) is 3. The molecule has 0 aliphatic rings. The molecular formula is C17H17N3O2. The second kappa shape index (κ2) is 7.08. The molecule has 3 amide bonds. The topological polar surface area (TPSA) is 84.2 Å². The number of urea groups is 1. The van der Waals surface area contributed by atoms with E-state index in [1.54, 1.807) is 30.3 Å². The van der Waals surface area contributed by atoms with E-state index in [0.29, 0.717) is 11.3 Å². The highest BCUT2D eigenvalue weighted by atomic mass is 16.2. The van der Waals surface area contributed by atoms with Crippen LogP contribution in [0.25, 0.3) is 6.08 Å². The van der Waals surface area contributed by atoms with Crippen molar-refractivity contribution < 1.29 is 9.59 Å². The molecule has 2 rings (SSSR count). The maximum Gasteiger partial charge on any atom is 0.325 e. The normalized spacial score (nSPS) is 10.4. The number of nitrogens with two attached hydrogens (primary N) is 1. The molecule has 112 valence electrons.